The van der Waals surface area contributed by atoms with Crippen LogP contribution in [0.2, 0.25) is 0 Å². The summed E-state index contributed by atoms with van der Waals surface area (Å²) in [6, 6.07) is 8.79. The number of hydrogen-bond donors (Lipinski definition) is 0. The number of aryl methyl sites for hydroxylation is 1. The molecule has 0 saturated heterocycles. The normalized spacial score (nSPS) is 16.5. The summed E-state index contributed by atoms with van der Waals surface area (Å²) in [5.74, 6) is 1.76. The number of thiazole rings is 1. The molecule has 9 heteroatoms. The molecule has 2 aliphatic heterocycles. The number of nitrogens with zero attached hydrogens (tertiary/aromatic N) is 2. The SMILES string of the molecule is CCOC(=O)C1=C(C)N=c2s/c(=C/c3cc(C(C)C)c(OC)cc3C)c(=O)n2[C@H]1c1ccc2c(c1)OCO2. The molecule has 0 spiro atoms. The van der Waals surface area contributed by atoms with Crippen LogP contribution in [0.15, 0.2) is 51.4 Å². The van der Waals surface area contributed by atoms with Crippen LogP contribution in [0.25, 0.3) is 6.08 Å². The molecule has 0 fully saturated rings. The zero-order valence-electron chi connectivity index (χ0n) is 22.3. The van der Waals surface area contributed by atoms with E-state index >= 15 is 0 Å². The largest absolute Gasteiger partial charge is 0.496 e. The standard InChI is InChI=1S/C29H30N2O6S/c1-7-35-28(33)25-17(5)30-29-31(26(25)18-8-9-21-23(12-18)37-14-36-21)27(32)24(38-29)13-19-11-20(15(2)3)22(34-6)10-16(19)4/h8-13,15,26H,7,14H2,1-6H3/b24-13+/t26-/m0/s1. The van der Waals surface area contributed by atoms with Crippen LogP contribution < -0.4 is 29.1 Å². The third-order valence-electron chi connectivity index (χ3n) is 6.76. The zero-order valence-corrected chi connectivity index (χ0v) is 23.1. The summed E-state index contributed by atoms with van der Waals surface area (Å²) in [6.07, 6.45) is 1.89. The van der Waals surface area contributed by atoms with Gasteiger partial charge in [-0.25, -0.2) is 9.79 Å². The number of carbonyl (C=O) groups excluding carboxylic acids is 1. The van der Waals surface area contributed by atoms with E-state index in [0.29, 0.717) is 37.7 Å². The predicted molar refractivity (Wildman–Crippen MR) is 145 cm³/mol. The van der Waals surface area contributed by atoms with Crippen molar-refractivity contribution >= 4 is 23.4 Å². The third kappa shape index (κ3) is 4.41. The highest BCUT2D eigenvalue weighted by molar-refractivity contribution is 7.07. The summed E-state index contributed by atoms with van der Waals surface area (Å²) in [4.78, 5) is 32.3. The molecule has 5 rings (SSSR count). The van der Waals surface area contributed by atoms with Gasteiger partial charge in [0.2, 0.25) is 6.79 Å². The minimum absolute atomic E-state index is 0.126. The van der Waals surface area contributed by atoms with Gasteiger partial charge < -0.3 is 18.9 Å². The van der Waals surface area contributed by atoms with Gasteiger partial charge in [0.05, 0.1) is 35.6 Å². The Morgan fingerprint density at radius 2 is 1.97 bits per heavy atom. The number of aromatic nitrogens is 1. The molecule has 0 radical (unpaired) electrons. The molecular formula is C29H30N2O6S. The fourth-order valence-corrected chi connectivity index (χ4v) is 5.87. The van der Waals surface area contributed by atoms with Crippen molar-refractivity contribution in [2.45, 2.75) is 46.6 Å². The lowest BCUT2D eigenvalue weighted by atomic mass is 9.95. The average molecular weight is 535 g/mol. The Labute approximate surface area is 224 Å². The topological polar surface area (TPSA) is 88.4 Å². The maximum atomic E-state index is 13.9. The van der Waals surface area contributed by atoms with Crippen LogP contribution in [0.1, 0.15) is 61.9 Å². The second-order valence-corrected chi connectivity index (χ2v) is 10.5. The predicted octanol–water partition coefficient (Wildman–Crippen LogP) is 3.97. The van der Waals surface area contributed by atoms with Crippen molar-refractivity contribution < 1.29 is 23.7 Å². The first-order valence-electron chi connectivity index (χ1n) is 12.5. The summed E-state index contributed by atoms with van der Waals surface area (Å²) in [7, 11) is 1.66. The van der Waals surface area contributed by atoms with E-state index in [1.165, 1.54) is 11.3 Å². The van der Waals surface area contributed by atoms with Gasteiger partial charge in [0, 0.05) is 0 Å². The number of fused-ring (bicyclic) bond motifs is 2. The number of esters is 1. The van der Waals surface area contributed by atoms with E-state index in [9.17, 15) is 9.59 Å². The molecule has 0 bridgehead atoms. The van der Waals surface area contributed by atoms with Crippen LogP contribution in [-0.4, -0.2) is 31.0 Å². The van der Waals surface area contributed by atoms with Crippen molar-refractivity contribution in [3.05, 3.63) is 83.5 Å². The number of benzene rings is 2. The van der Waals surface area contributed by atoms with E-state index in [0.717, 1.165) is 22.4 Å². The lowest BCUT2D eigenvalue weighted by molar-refractivity contribution is -0.139. The fourth-order valence-electron chi connectivity index (χ4n) is 4.83. The molecule has 1 atom stereocenters. The quantitative estimate of drug-likeness (QED) is 0.445. The van der Waals surface area contributed by atoms with Gasteiger partial charge in [-0.15, -0.1) is 0 Å². The van der Waals surface area contributed by atoms with Crippen molar-refractivity contribution in [2.24, 2.45) is 4.99 Å². The second-order valence-electron chi connectivity index (χ2n) is 9.52. The average Bonchev–Trinajstić information content (AvgIpc) is 3.47. The number of rotatable bonds is 6. The van der Waals surface area contributed by atoms with Gasteiger partial charge in [-0.1, -0.05) is 31.3 Å². The van der Waals surface area contributed by atoms with E-state index in [1.807, 2.05) is 31.2 Å². The highest BCUT2D eigenvalue weighted by atomic mass is 32.1. The molecule has 0 saturated carbocycles. The first kappa shape index (κ1) is 25.8. The zero-order chi connectivity index (χ0) is 27.1. The van der Waals surface area contributed by atoms with Gasteiger partial charge in [-0.05, 0) is 79.3 Å². The van der Waals surface area contributed by atoms with Gasteiger partial charge in [0.1, 0.15) is 5.75 Å². The molecular weight excluding hydrogens is 504 g/mol. The lowest BCUT2D eigenvalue weighted by Gasteiger charge is -2.24. The van der Waals surface area contributed by atoms with Crippen molar-refractivity contribution in [3.8, 4) is 17.2 Å². The van der Waals surface area contributed by atoms with Gasteiger partial charge in [0.15, 0.2) is 16.3 Å². The van der Waals surface area contributed by atoms with Crippen LogP contribution in [0.5, 0.6) is 17.2 Å². The monoisotopic (exact) mass is 534 g/mol. The molecule has 1 aromatic heterocycles. The van der Waals surface area contributed by atoms with Crippen LogP contribution in [-0.2, 0) is 9.53 Å². The summed E-state index contributed by atoms with van der Waals surface area (Å²) >= 11 is 1.30. The highest BCUT2D eigenvalue weighted by Gasteiger charge is 2.34. The molecule has 198 valence electrons. The fraction of sp³-hybridized carbons (Fsp3) is 0.345. The summed E-state index contributed by atoms with van der Waals surface area (Å²) < 4.78 is 24.1. The lowest BCUT2D eigenvalue weighted by Crippen LogP contribution is -2.39. The van der Waals surface area contributed by atoms with Crippen LogP contribution in [0.4, 0.5) is 0 Å². The smallest absolute Gasteiger partial charge is 0.338 e. The molecule has 0 aliphatic carbocycles. The second kappa shape index (κ2) is 10.1. The number of ether oxygens (including phenoxy) is 4. The van der Waals surface area contributed by atoms with Gasteiger partial charge in [-0.2, -0.15) is 0 Å². The molecule has 8 nitrogen and oxygen atoms in total. The molecule has 0 amide bonds. The first-order valence-corrected chi connectivity index (χ1v) is 13.3. The Morgan fingerprint density at radius 3 is 2.68 bits per heavy atom. The Bertz CT molecular complexity index is 1650. The molecule has 38 heavy (non-hydrogen) atoms. The number of allylic oxidation sites excluding steroid dienone is 1. The van der Waals surface area contributed by atoms with Gasteiger partial charge in [-0.3, -0.25) is 9.36 Å². The van der Waals surface area contributed by atoms with E-state index in [-0.39, 0.29) is 24.9 Å². The molecule has 3 aromatic rings. The maximum Gasteiger partial charge on any atom is 0.338 e. The van der Waals surface area contributed by atoms with Crippen molar-refractivity contribution in [3.63, 3.8) is 0 Å². The molecule has 2 aromatic carbocycles. The molecule has 0 unspecified atom stereocenters. The Morgan fingerprint density at radius 1 is 1.21 bits per heavy atom. The number of carbonyl (C=O) groups is 1. The Hall–Kier alpha value is -3.85. The molecule has 2 aliphatic rings. The van der Waals surface area contributed by atoms with Crippen LogP contribution >= 0.6 is 11.3 Å². The first-order chi connectivity index (χ1) is 18.2. The highest BCUT2D eigenvalue weighted by Crippen LogP contribution is 2.38. The number of methoxy groups -OCH3 is 1. The van der Waals surface area contributed by atoms with E-state index in [2.05, 4.69) is 24.9 Å². The van der Waals surface area contributed by atoms with Crippen LogP contribution in [0, 0.1) is 6.92 Å². The van der Waals surface area contributed by atoms with E-state index < -0.39 is 12.0 Å². The summed E-state index contributed by atoms with van der Waals surface area (Å²) in [5.41, 5.74) is 4.31. The molecule has 3 heterocycles. The van der Waals surface area contributed by atoms with Crippen molar-refractivity contribution in [2.75, 3.05) is 20.5 Å². The Kier molecular flexibility index (Phi) is 6.88. The minimum atomic E-state index is -0.717. The van der Waals surface area contributed by atoms with E-state index in [1.54, 1.807) is 31.6 Å². The van der Waals surface area contributed by atoms with E-state index in [4.69, 9.17) is 18.9 Å². The van der Waals surface area contributed by atoms with Crippen LogP contribution in [0.3, 0.4) is 0 Å². The minimum Gasteiger partial charge on any atom is -0.496 e. The van der Waals surface area contributed by atoms with Crippen molar-refractivity contribution in [1.82, 2.24) is 4.57 Å². The summed E-state index contributed by atoms with van der Waals surface area (Å²) in [5, 5.41) is 0. The van der Waals surface area contributed by atoms with Gasteiger partial charge in [0.25, 0.3) is 5.56 Å². The van der Waals surface area contributed by atoms with Crippen molar-refractivity contribution in [1.29, 1.82) is 0 Å². The van der Waals surface area contributed by atoms with Gasteiger partial charge >= 0.3 is 5.97 Å². The molecule has 0 N–H and O–H groups in total. The third-order valence-corrected chi connectivity index (χ3v) is 7.74. The Balaban J connectivity index is 1.72. The maximum absolute atomic E-state index is 13.9. The summed E-state index contributed by atoms with van der Waals surface area (Å²) in [6.45, 7) is 10.1. The number of hydrogen-bond acceptors (Lipinski definition) is 8.